The van der Waals surface area contributed by atoms with Gasteiger partial charge >= 0.3 is 0 Å². The molecule has 0 spiro atoms. The number of hydrogen-bond acceptors (Lipinski definition) is 2. The molecule has 0 atom stereocenters. The van der Waals surface area contributed by atoms with Crippen LogP contribution in [0, 0.1) is 0 Å². The van der Waals surface area contributed by atoms with Crippen LogP contribution in [0.4, 0.5) is 0 Å². The molecule has 1 amide bonds. The highest BCUT2D eigenvalue weighted by atomic mass is 35.5. The number of halogens is 1. The van der Waals surface area contributed by atoms with Crippen LogP contribution >= 0.6 is 11.6 Å². The second kappa shape index (κ2) is 5.05. The monoisotopic (exact) mass is 275 g/mol. The lowest BCUT2D eigenvalue weighted by molar-refractivity contribution is 0.0707. The first kappa shape index (κ1) is 12.2. The Morgan fingerprint density at radius 2 is 2.26 bits per heavy atom. The molecule has 19 heavy (non-hydrogen) atoms. The van der Waals surface area contributed by atoms with Crippen molar-refractivity contribution < 1.29 is 4.79 Å². The number of nitrogens with zero attached hydrogens (tertiary/aromatic N) is 3. The van der Waals surface area contributed by atoms with E-state index in [-0.39, 0.29) is 5.91 Å². The highest BCUT2D eigenvalue weighted by Gasteiger charge is 2.22. The van der Waals surface area contributed by atoms with Gasteiger partial charge < -0.3 is 9.47 Å². The SMILES string of the molecule is O=C(c1cccc(CCl)c1)N1CCn2ccnc2C1. The number of alkyl halides is 1. The first-order valence-electron chi connectivity index (χ1n) is 6.22. The van der Waals surface area contributed by atoms with E-state index in [9.17, 15) is 4.79 Å². The Labute approximate surface area is 116 Å². The lowest BCUT2D eigenvalue weighted by atomic mass is 10.1. The number of fused-ring (bicyclic) bond motifs is 1. The molecule has 0 aliphatic carbocycles. The third-order valence-corrected chi connectivity index (χ3v) is 3.67. The van der Waals surface area contributed by atoms with Crippen LogP contribution in [-0.4, -0.2) is 26.9 Å². The smallest absolute Gasteiger partial charge is 0.254 e. The van der Waals surface area contributed by atoms with Gasteiger partial charge in [-0.05, 0) is 17.7 Å². The van der Waals surface area contributed by atoms with Crippen LogP contribution < -0.4 is 0 Å². The van der Waals surface area contributed by atoms with Gasteiger partial charge in [-0.1, -0.05) is 12.1 Å². The minimum Gasteiger partial charge on any atom is -0.332 e. The zero-order chi connectivity index (χ0) is 13.2. The number of amides is 1. The molecule has 0 fully saturated rings. The van der Waals surface area contributed by atoms with Gasteiger partial charge in [-0.15, -0.1) is 11.6 Å². The van der Waals surface area contributed by atoms with Gasteiger partial charge in [0.2, 0.25) is 0 Å². The maximum Gasteiger partial charge on any atom is 0.254 e. The lowest BCUT2D eigenvalue weighted by Gasteiger charge is -2.27. The molecule has 0 saturated heterocycles. The van der Waals surface area contributed by atoms with Crippen LogP contribution in [0.5, 0.6) is 0 Å². The van der Waals surface area contributed by atoms with Gasteiger partial charge in [0.25, 0.3) is 5.91 Å². The molecule has 1 aromatic heterocycles. The third-order valence-electron chi connectivity index (χ3n) is 3.36. The number of imidazole rings is 1. The standard InChI is InChI=1S/C14H14ClN3O/c15-9-11-2-1-3-12(8-11)14(19)18-7-6-17-5-4-16-13(17)10-18/h1-5,8H,6-7,9-10H2. The van der Waals surface area contributed by atoms with E-state index in [4.69, 9.17) is 11.6 Å². The number of carbonyl (C=O) groups excluding carboxylic acids is 1. The van der Waals surface area contributed by atoms with Crippen molar-refractivity contribution in [1.29, 1.82) is 0 Å². The van der Waals surface area contributed by atoms with Crippen LogP contribution in [0.1, 0.15) is 21.7 Å². The fraction of sp³-hybridized carbons (Fsp3) is 0.286. The van der Waals surface area contributed by atoms with Crippen molar-refractivity contribution in [2.75, 3.05) is 6.54 Å². The molecule has 1 aliphatic rings. The van der Waals surface area contributed by atoms with Crippen LogP contribution in [0.3, 0.4) is 0 Å². The van der Waals surface area contributed by atoms with E-state index < -0.39 is 0 Å². The van der Waals surface area contributed by atoms with Gasteiger partial charge in [0.1, 0.15) is 5.82 Å². The summed E-state index contributed by atoms with van der Waals surface area (Å²) in [5, 5.41) is 0. The van der Waals surface area contributed by atoms with Gasteiger partial charge in [0.15, 0.2) is 0 Å². The van der Waals surface area contributed by atoms with E-state index in [1.54, 1.807) is 6.20 Å². The van der Waals surface area contributed by atoms with E-state index in [0.29, 0.717) is 24.5 Å². The Hall–Kier alpha value is -1.81. The van der Waals surface area contributed by atoms with Crippen molar-refractivity contribution in [1.82, 2.24) is 14.5 Å². The zero-order valence-corrected chi connectivity index (χ0v) is 11.2. The minimum absolute atomic E-state index is 0.0428. The van der Waals surface area contributed by atoms with Crippen molar-refractivity contribution >= 4 is 17.5 Å². The molecule has 0 unspecified atom stereocenters. The highest BCUT2D eigenvalue weighted by Crippen LogP contribution is 2.15. The summed E-state index contributed by atoms with van der Waals surface area (Å²) in [6.45, 7) is 2.08. The molecule has 2 heterocycles. The van der Waals surface area contributed by atoms with Crippen molar-refractivity contribution in [2.45, 2.75) is 19.0 Å². The van der Waals surface area contributed by atoms with Crippen molar-refractivity contribution in [3.05, 3.63) is 53.6 Å². The molecule has 2 aromatic rings. The Morgan fingerprint density at radius 1 is 1.37 bits per heavy atom. The highest BCUT2D eigenvalue weighted by molar-refractivity contribution is 6.17. The summed E-state index contributed by atoms with van der Waals surface area (Å²) in [5.41, 5.74) is 1.66. The van der Waals surface area contributed by atoms with Crippen LogP contribution in [0.15, 0.2) is 36.7 Å². The molecule has 3 rings (SSSR count). The van der Waals surface area contributed by atoms with E-state index in [1.807, 2.05) is 35.4 Å². The summed E-state index contributed by atoms with van der Waals surface area (Å²) in [6, 6.07) is 7.48. The molecule has 4 nitrogen and oxygen atoms in total. The Bertz CT molecular complexity index is 608. The lowest BCUT2D eigenvalue weighted by Crippen LogP contribution is -2.38. The Morgan fingerprint density at radius 3 is 3.11 bits per heavy atom. The summed E-state index contributed by atoms with van der Waals surface area (Å²) in [5.74, 6) is 1.40. The second-order valence-corrected chi connectivity index (χ2v) is 4.86. The molecule has 5 heteroatoms. The van der Waals surface area contributed by atoms with Crippen molar-refractivity contribution in [3.8, 4) is 0 Å². The molecule has 0 bridgehead atoms. The maximum absolute atomic E-state index is 12.4. The zero-order valence-electron chi connectivity index (χ0n) is 10.4. The Balaban J connectivity index is 1.81. The first-order chi connectivity index (χ1) is 9.28. The van der Waals surface area contributed by atoms with Crippen LogP contribution in [0.25, 0.3) is 0 Å². The average Bonchev–Trinajstić information content (AvgIpc) is 2.94. The third kappa shape index (κ3) is 2.36. The molecule has 1 aliphatic heterocycles. The summed E-state index contributed by atoms with van der Waals surface area (Å²) >= 11 is 5.80. The van der Waals surface area contributed by atoms with E-state index in [1.165, 1.54) is 0 Å². The van der Waals surface area contributed by atoms with Crippen LogP contribution in [0.2, 0.25) is 0 Å². The quantitative estimate of drug-likeness (QED) is 0.789. The molecule has 98 valence electrons. The number of benzene rings is 1. The van der Waals surface area contributed by atoms with E-state index >= 15 is 0 Å². The molecule has 0 N–H and O–H groups in total. The predicted octanol–water partition coefficient (Wildman–Crippen LogP) is 2.28. The van der Waals surface area contributed by atoms with E-state index in [2.05, 4.69) is 9.55 Å². The van der Waals surface area contributed by atoms with Crippen LogP contribution in [-0.2, 0) is 19.0 Å². The minimum atomic E-state index is 0.0428. The van der Waals surface area contributed by atoms with Gasteiger partial charge in [-0.3, -0.25) is 4.79 Å². The number of hydrogen-bond donors (Lipinski definition) is 0. The van der Waals surface area contributed by atoms with Crippen molar-refractivity contribution in [3.63, 3.8) is 0 Å². The summed E-state index contributed by atoms with van der Waals surface area (Å²) in [7, 11) is 0. The number of aromatic nitrogens is 2. The number of carbonyl (C=O) groups is 1. The fourth-order valence-electron chi connectivity index (χ4n) is 2.32. The van der Waals surface area contributed by atoms with Gasteiger partial charge in [0, 0.05) is 36.9 Å². The maximum atomic E-state index is 12.4. The van der Waals surface area contributed by atoms with Gasteiger partial charge in [0.05, 0.1) is 6.54 Å². The Kier molecular flexibility index (Phi) is 3.25. The fourth-order valence-corrected chi connectivity index (χ4v) is 2.48. The largest absolute Gasteiger partial charge is 0.332 e. The molecule has 0 saturated carbocycles. The normalized spacial score (nSPS) is 14.3. The summed E-state index contributed by atoms with van der Waals surface area (Å²) < 4.78 is 2.08. The van der Waals surface area contributed by atoms with E-state index in [0.717, 1.165) is 17.9 Å². The molecular weight excluding hydrogens is 262 g/mol. The van der Waals surface area contributed by atoms with Gasteiger partial charge in [-0.25, -0.2) is 4.98 Å². The summed E-state index contributed by atoms with van der Waals surface area (Å²) in [6.07, 6.45) is 3.72. The summed E-state index contributed by atoms with van der Waals surface area (Å²) in [4.78, 5) is 18.5. The second-order valence-electron chi connectivity index (χ2n) is 4.60. The molecule has 1 aromatic carbocycles. The topological polar surface area (TPSA) is 38.1 Å². The first-order valence-corrected chi connectivity index (χ1v) is 6.75. The van der Waals surface area contributed by atoms with Crippen molar-refractivity contribution in [2.24, 2.45) is 0 Å². The molecule has 0 radical (unpaired) electrons. The predicted molar refractivity (Wildman–Crippen MR) is 73.0 cm³/mol. The average molecular weight is 276 g/mol. The number of rotatable bonds is 2. The van der Waals surface area contributed by atoms with Gasteiger partial charge in [-0.2, -0.15) is 0 Å². The molecular formula is C14H14ClN3O.